The summed E-state index contributed by atoms with van der Waals surface area (Å²) in [6.07, 6.45) is -0.208. The first kappa shape index (κ1) is 14.0. The van der Waals surface area contributed by atoms with Gasteiger partial charge in [-0.15, -0.1) is 0 Å². The fourth-order valence-corrected chi connectivity index (χ4v) is 1.57. The van der Waals surface area contributed by atoms with Gasteiger partial charge in [-0.1, -0.05) is 39.8 Å². The lowest BCUT2D eigenvalue weighted by molar-refractivity contribution is -0.0382. The van der Waals surface area contributed by atoms with Crippen LogP contribution in [0, 0.1) is 5.41 Å². The van der Waals surface area contributed by atoms with Gasteiger partial charge in [-0.05, 0) is 36.0 Å². The summed E-state index contributed by atoms with van der Waals surface area (Å²) in [7, 11) is 1.64. The number of hydrogen-bond acceptors (Lipinski definition) is 2. The summed E-state index contributed by atoms with van der Waals surface area (Å²) in [5, 5.41) is 0. The first-order valence-electron chi connectivity index (χ1n) is 6.14. The van der Waals surface area contributed by atoms with Crippen molar-refractivity contribution in [3.05, 3.63) is 29.8 Å². The summed E-state index contributed by atoms with van der Waals surface area (Å²) in [4.78, 5) is 0. The van der Waals surface area contributed by atoms with Gasteiger partial charge in [-0.2, -0.15) is 0 Å². The third kappa shape index (κ3) is 4.04. The molecule has 0 bridgehead atoms. The maximum Gasteiger partial charge on any atom is 0.196 e. The van der Waals surface area contributed by atoms with Crippen LogP contribution in [-0.4, -0.2) is 13.4 Å². The summed E-state index contributed by atoms with van der Waals surface area (Å²) in [5.41, 5.74) is 1.62. The second-order valence-electron chi connectivity index (χ2n) is 5.58. The van der Waals surface area contributed by atoms with Gasteiger partial charge in [-0.25, -0.2) is 0 Å². The van der Waals surface area contributed by atoms with Crippen LogP contribution < -0.4 is 4.74 Å². The molecule has 0 aliphatic heterocycles. The highest BCUT2D eigenvalue weighted by atomic mass is 16.7. The topological polar surface area (TPSA) is 18.5 Å². The van der Waals surface area contributed by atoms with E-state index in [-0.39, 0.29) is 11.7 Å². The number of benzene rings is 1. The first-order valence-corrected chi connectivity index (χ1v) is 6.14. The van der Waals surface area contributed by atoms with E-state index >= 15 is 0 Å². The first-order chi connectivity index (χ1) is 7.84. The molecule has 1 aromatic rings. The quantitative estimate of drug-likeness (QED) is 0.729. The van der Waals surface area contributed by atoms with E-state index in [2.05, 4.69) is 39.8 Å². The van der Waals surface area contributed by atoms with Crippen molar-refractivity contribution in [3.63, 3.8) is 0 Å². The Morgan fingerprint density at radius 1 is 1.00 bits per heavy atom. The zero-order valence-electron chi connectivity index (χ0n) is 11.8. The summed E-state index contributed by atoms with van der Waals surface area (Å²) in [5.74, 6) is 1.38. The highest BCUT2D eigenvalue weighted by Gasteiger charge is 2.21. The molecule has 0 spiro atoms. The predicted octanol–water partition coefficient (Wildman–Crippen LogP) is 4.21. The van der Waals surface area contributed by atoms with Crippen LogP contribution in [0.5, 0.6) is 5.75 Å². The van der Waals surface area contributed by atoms with E-state index in [0.717, 1.165) is 5.75 Å². The molecule has 2 unspecified atom stereocenters. The molecule has 1 rings (SSSR count). The molecule has 0 saturated heterocycles. The van der Waals surface area contributed by atoms with E-state index in [4.69, 9.17) is 9.47 Å². The van der Waals surface area contributed by atoms with Crippen LogP contribution in [0.25, 0.3) is 0 Å². The van der Waals surface area contributed by atoms with Gasteiger partial charge in [-0.3, -0.25) is 0 Å². The minimum Gasteiger partial charge on any atom is -0.465 e. The normalized spacial score (nSPS) is 15.4. The Labute approximate surface area is 105 Å². The fraction of sp³-hybridized carbons (Fsp3) is 0.600. The molecular formula is C15H24O2. The largest absolute Gasteiger partial charge is 0.465 e. The van der Waals surface area contributed by atoms with Crippen LogP contribution in [0.15, 0.2) is 24.3 Å². The molecule has 0 saturated carbocycles. The molecule has 1 aromatic carbocycles. The fourth-order valence-electron chi connectivity index (χ4n) is 1.57. The molecule has 2 nitrogen and oxygen atoms in total. The standard InChI is InChI=1S/C15H24O2/c1-11(15(3,4)5)13-7-9-14(10-8-13)17-12(2)16-6/h7-12H,1-6H3. The van der Waals surface area contributed by atoms with Crippen molar-refractivity contribution < 1.29 is 9.47 Å². The van der Waals surface area contributed by atoms with Crippen molar-refractivity contribution in [2.24, 2.45) is 5.41 Å². The maximum absolute atomic E-state index is 5.56. The lowest BCUT2D eigenvalue weighted by Gasteiger charge is -2.27. The SMILES string of the molecule is COC(C)Oc1ccc(C(C)C(C)(C)C)cc1. The number of methoxy groups -OCH3 is 1. The lowest BCUT2D eigenvalue weighted by atomic mass is 9.78. The van der Waals surface area contributed by atoms with E-state index in [1.165, 1.54) is 5.56 Å². The van der Waals surface area contributed by atoms with Crippen LogP contribution in [0.3, 0.4) is 0 Å². The van der Waals surface area contributed by atoms with E-state index in [9.17, 15) is 0 Å². The van der Waals surface area contributed by atoms with Crippen molar-refractivity contribution in [1.82, 2.24) is 0 Å². The third-order valence-electron chi connectivity index (χ3n) is 3.31. The van der Waals surface area contributed by atoms with Crippen LogP contribution in [0.1, 0.15) is 46.1 Å². The van der Waals surface area contributed by atoms with Gasteiger partial charge in [0, 0.05) is 7.11 Å². The summed E-state index contributed by atoms with van der Waals surface area (Å²) < 4.78 is 10.6. The second kappa shape index (κ2) is 5.54. The number of ether oxygens (including phenoxy) is 2. The summed E-state index contributed by atoms with van der Waals surface area (Å²) in [6.45, 7) is 10.9. The molecule has 96 valence electrons. The van der Waals surface area contributed by atoms with Gasteiger partial charge in [0.1, 0.15) is 5.75 Å². The van der Waals surface area contributed by atoms with Crippen LogP contribution in [-0.2, 0) is 4.74 Å². The van der Waals surface area contributed by atoms with Gasteiger partial charge >= 0.3 is 0 Å². The highest BCUT2D eigenvalue weighted by Crippen LogP contribution is 2.34. The van der Waals surface area contributed by atoms with Gasteiger partial charge in [0.2, 0.25) is 0 Å². The van der Waals surface area contributed by atoms with E-state index in [1.54, 1.807) is 7.11 Å². The average Bonchev–Trinajstić information content (AvgIpc) is 2.27. The Bertz CT molecular complexity index is 335. The molecule has 0 heterocycles. The average molecular weight is 236 g/mol. The molecular weight excluding hydrogens is 212 g/mol. The molecule has 2 heteroatoms. The van der Waals surface area contributed by atoms with E-state index < -0.39 is 0 Å². The molecule has 17 heavy (non-hydrogen) atoms. The molecule has 2 atom stereocenters. The Kier molecular flexibility index (Phi) is 4.58. The molecule has 0 aliphatic carbocycles. The molecule has 0 aliphatic rings. The van der Waals surface area contributed by atoms with E-state index in [1.807, 2.05) is 19.1 Å². The number of hydrogen-bond donors (Lipinski definition) is 0. The van der Waals surface area contributed by atoms with Gasteiger partial charge < -0.3 is 9.47 Å². The van der Waals surface area contributed by atoms with E-state index in [0.29, 0.717) is 5.92 Å². The second-order valence-corrected chi connectivity index (χ2v) is 5.58. The molecule has 0 fully saturated rings. The lowest BCUT2D eigenvalue weighted by Crippen LogP contribution is -2.16. The maximum atomic E-state index is 5.56. The Hall–Kier alpha value is -1.02. The Morgan fingerprint density at radius 3 is 1.94 bits per heavy atom. The summed E-state index contributed by atoms with van der Waals surface area (Å²) >= 11 is 0. The Morgan fingerprint density at radius 2 is 1.53 bits per heavy atom. The smallest absolute Gasteiger partial charge is 0.196 e. The van der Waals surface area contributed by atoms with Crippen molar-refractivity contribution in [3.8, 4) is 5.75 Å². The minimum absolute atomic E-state index is 0.208. The molecule has 0 N–H and O–H groups in total. The van der Waals surface area contributed by atoms with Crippen molar-refractivity contribution in [2.75, 3.05) is 7.11 Å². The van der Waals surface area contributed by atoms with Crippen molar-refractivity contribution in [1.29, 1.82) is 0 Å². The highest BCUT2D eigenvalue weighted by molar-refractivity contribution is 5.30. The Balaban J connectivity index is 2.74. The van der Waals surface area contributed by atoms with Gasteiger partial charge in [0.25, 0.3) is 0 Å². The predicted molar refractivity (Wildman–Crippen MR) is 71.4 cm³/mol. The zero-order chi connectivity index (χ0) is 13.1. The van der Waals surface area contributed by atoms with Gasteiger partial charge in [0.15, 0.2) is 6.29 Å². The van der Waals surface area contributed by atoms with Crippen LogP contribution >= 0.6 is 0 Å². The molecule has 0 amide bonds. The third-order valence-corrected chi connectivity index (χ3v) is 3.31. The van der Waals surface area contributed by atoms with Crippen LogP contribution in [0.4, 0.5) is 0 Å². The van der Waals surface area contributed by atoms with Crippen LogP contribution in [0.2, 0.25) is 0 Å². The summed E-state index contributed by atoms with van der Waals surface area (Å²) in [6, 6.07) is 8.28. The monoisotopic (exact) mass is 236 g/mol. The van der Waals surface area contributed by atoms with Crippen molar-refractivity contribution >= 4 is 0 Å². The van der Waals surface area contributed by atoms with Crippen molar-refractivity contribution in [2.45, 2.75) is 46.8 Å². The number of rotatable bonds is 4. The molecule has 0 radical (unpaired) electrons. The molecule has 0 aromatic heterocycles. The minimum atomic E-state index is -0.208. The zero-order valence-corrected chi connectivity index (χ0v) is 11.8. The van der Waals surface area contributed by atoms with Gasteiger partial charge in [0.05, 0.1) is 0 Å².